The van der Waals surface area contributed by atoms with Crippen molar-refractivity contribution in [3.05, 3.63) is 35.4 Å². The predicted molar refractivity (Wildman–Crippen MR) is 73.6 cm³/mol. The molecule has 0 bridgehead atoms. The van der Waals surface area contributed by atoms with Gasteiger partial charge in [-0.05, 0) is 25.0 Å². The summed E-state index contributed by atoms with van der Waals surface area (Å²) >= 11 is 0. The third-order valence-corrected chi connectivity index (χ3v) is 3.56. The Balaban J connectivity index is 2.24. The topological polar surface area (TPSA) is 73.2 Å². The molecule has 5 nitrogen and oxygen atoms in total. The van der Waals surface area contributed by atoms with Crippen molar-refractivity contribution < 1.29 is 9.59 Å². The first kappa shape index (κ1) is 14.1. The summed E-state index contributed by atoms with van der Waals surface area (Å²) in [5, 5.41) is 11.8. The molecule has 1 N–H and O–H groups in total. The molecule has 1 atom stereocenters. The van der Waals surface area contributed by atoms with Crippen LogP contribution >= 0.6 is 0 Å². The van der Waals surface area contributed by atoms with Crippen LogP contribution in [-0.4, -0.2) is 22.4 Å². The molecule has 3 amide bonds. The summed E-state index contributed by atoms with van der Waals surface area (Å²) < 4.78 is 0. The van der Waals surface area contributed by atoms with Crippen LogP contribution in [0.25, 0.3) is 0 Å². The molecular formula is C15H17N3O2. The Bertz CT molecular complexity index is 591. The van der Waals surface area contributed by atoms with Gasteiger partial charge in [0.2, 0.25) is 0 Å². The summed E-state index contributed by atoms with van der Waals surface area (Å²) in [7, 11) is 0. The van der Waals surface area contributed by atoms with Crippen molar-refractivity contribution >= 4 is 11.9 Å². The minimum atomic E-state index is -0.826. The molecule has 1 fully saturated rings. The number of urea groups is 1. The second kappa shape index (κ2) is 5.33. The zero-order valence-corrected chi connectivity index (χ0v) is 11.6. The monoisotopic (exact) mass is 271 g/mol. The number of hydrogen-bond acceptors (Lipinski definition) is 3. The Morgan fingerprint density at radius 2 is 2.05 bits per heavy atom. The summed E-state index contributed by atoms with van der Waals surface area (Å²) in [6.45, 7) is 3.85. The number of amides is 3. The zero-order chi connectivity index (χ0) is 14.8. The highest BCUT2D eigenvalue weighted by molar-refractivity contribution is 6.06. The van der Waals surface area contributed by atoms with Gasteiger partial charge in [-0.25, -0.2) is 4.79 Å². The van der Waals surface area contributed by atoms with Gasteiger partial charge in [0.15, 0.2) is 0 Å². The first-order valence-corrected chi connectivity index (χ1v) is 6.64. The van der Waals surface area contributed by atoms with Crippen molar-refractivity contribution in [2.24, 2.45) is 0 Å². The van der Waals surface area contributed by atoms with Gasteiger partial charge >= 0.3 is 6.03 Å². The van der Waals surface area contributed by atoms with Gasteiger partial charge in [-0.2, -0.15) is 5.26 Å². The number of nitriles is 1. The molecular weight excluding hydrogens is 254 g/mol. The van der Waals surface area contributed by atoms with Crippen LogP contribution in [0.3, 0.4) is 0 Å². The molecule has 0 aliphatic carbocycles. The van der Waals surface area contributed by atoms with E-state index in [0.29, 0.717) is 17.5 Å². The Morgan fingerprint density at radius 1 is 1.35 bits per heavy atom. The van der Waals surface area contributed by atoms with Gasteiger partial charge in [-0.15, -0.1) is 0 Å². The van der Waals surface area contributed by atoms with Gasteiger partial charge < -0.3 is 5.32 Å². The number of nitrogens with one attached hydrogen (secondary N) is 1. The van der Waals surface area contributed by atoms with Crippen LogP contribution in [0.1, 0.15) is 37.8 Å². The van der Waals surface area contributed by atoms with E-state index in [9.17, 15) is 9.59 Å². The lowest BCUT2D eigenvalue weighted by Gasteiger charge is -2.20. The van der Waals surface area contributed by atoms with Crippen molar-refractivity contribution in [3.63, 3.8) is 0 Å². The van der Waals surface area contributed by atoms with Gasteiger partial charge in [-0.1, -0.05) is 31.5 Å². The normalized spacial score (nSPS) is 21.8. The molecule has 1 aliphatic rings. The summed E-state index contributed by atoms with van der Waals surface area (Å²) in [5.74, 6) is -0.225. The summed E-state index contributed by atoms with van der Waals surface area (Å²) in [6.07, 6.45) is 1.42. The predicted octanol–water partition coefficient (Wildman–Crippen LogP) is 2.17. The minimum Gasteiger partial charge on any atom is -0.323 e. The Morgan fingerprint density at radius 3 is 2.70 bits per heavy atom. The lowest BCUT2D eigenvalue weighted by molar-refractivity contribution is -0.131. The van der Waals surface area contributed by atoms with E-state index < -0.39 is 11.6 Å². The smallest absolute Gasteiger partial charge is 0.323 e. The van der Waals surface area contributed by atoms with E-state index >= 15 is 0 Å². The third kappa shape index (κ3) is 2.37. The largest absolute Gasteiger partial charge is 0.325 e. The summed E-state index contributed by atoms with van der Waals surface area (Å²) in [4.78, 5) is 25.6. The van der Waals surface area contributed by atoms with Crippen LogP contribution in [0, 0.1) is 11.3 Å². The molecule has 0 aromatic heterocycles. The van der Waals surface area contributed by atoms with Gasteiger partial charge in [0.25, 0.3) is 5.91 Å². The van der Waals surface area contributed by atoms with E-state index in [2.05, 4.69) is 11.4 Å². The zero-order valence-electron chi connectivity index (χ0n) is 11.6. The van der Waals surface area contributed by atoms with Gasteiger partial charge in [-0.3, -0.25) is 9.69 Å². The maximum Gasteiger partial charge on any atom is 0.325 e. The van der Waals surface area contributed by atoms with Crippen molar-refractivity contribution in [1.82, 2.24) is 10.2 Å². The fourth-order valence-corrected chi connectivity index (χ4v) is 2.50. The number of carbonyl (C=O) groups is 2. The van der Waals surface area contributed by atoms with E-state index in [1.54, 1.807) is 31.2 Å². The molecule has 5 heteroatoms. The van der Waals surface area contributed by atoms with Gasteiger partial charge in [0, 0.05) is 0 Å². The van der Waals surface area contributed by atoms with E-state index in [1.807, 2.05) is 6.92 Å². The number of imide groups is 1. The molecule has 0 spiro atoms. The fourth-order valence-electron chi connectivity index (χ4n) is 2.50. The van der Waals surface area contributed by atoms with Gasteiger partial charge in [0.1, 0.15) is 5.54 Å². The Hall–Kier alpha value is -2.35. The highest BCUT2D eigenvalue weighted by atomic mass is 16.2. The standard InChI is InChI=1S/C15H17N3O2/c1-3-8-15(2)13(19)18(14(20)17-15)10-12-7-5-4-6-11(12)9-16/h4-7H,3,8,10H2,1-2H3,(H,17,20)/t15-/m1/s1. The average Bonchev–Trinajstić information content (AvgIpc) is 2.63. The van der Waals surface area contributed by atoms with E-state index in [4.69, 9.17) is 5.26 Å². The average molecular weight is 271 g/mol. The van der Waals surface area contributed by atoms with Crippen LogP contribution in [-0.2, 0) is 11.3 Å². The van der Waals surface area contributed by atoms with E-state index in [1.165, 1.54) is 4.90 Å². The second-order valence-electron chi connectivity index (χ2n) is 5.17. The molecule has 1 aliphatic heterocycles. The number of rotatable bonds is 4. The number of hydrogen-bond donors (Lipinski definition) is 1. The summed E-state index contributed by atoms with van der Waals surface area (Å²) in [6, 6.07) is 8.67. The molecule has 104 valence electrons. The Kier molecular flexibility index (Phi) is 3.75. The van der Waals surface area contributed by atoms with E-state index in [-0.39, 0.29) is 12.5 Å². The molecule has 1 heterocycles. The van der Waals surface area contributed by atoms with Crippen molar-refractivity contribution in [2.45, 2.75) is 38.8 Å². The third-order valence-electron chi connectivity index (χ3n) is 3.56. The highest BCUT2D eigenvalue weighted by Crippen LogP contribution is 2.24. The van der Waals surface area contributed by atoms with E-state index in [0.717, 1.165) is 6.42 Å². The Labute approximate surface area is 118 Å². The molecule has 0 unspecified atom stereocenters. The molecule has 0 radical (unpaired) electrons. The fraction of sp³-hybridized carbons (Fsp3) is 0.400. The molecule has 20 heavy (non-hydrogen) atoms. The quantitative estimate of drug-likeness (QED) is 0.853. The van der Waals surface area contributed by atoms with Crippen molar-refractivity contribution in [3.8, 4) is 6.07 Å². The molecule has 0 saturated carbocycles. The lowest BCUT2D eigenvalue weighted by atomic mass is 9.96. The lowest BCUT2D eigenvalue weighted by Crippen LogP contribution is -2.43. The maximum atomic E-state index is 12.4. The number of benzene rings is 1. The first-order valence-electron chi connectivity index (χ1n) is 6.64. The first-order chi connectivity index (χ1) is 9.51. The van der Waals surface area contributed by atoms with Crippen LogP contribution in [0.15, 0.2) is 24.3 Å². The minimum absolute atomic E-state index is 0.133. The van der Waals surface area contributed by atoms with Crippen molar-refractivity contribution in [2.75, 3.05) is 0 Å². The van der Waals surface area contributed by atoms with Crippen molar-refractivity contribution in [1.29, 1.82) is 5.26 Å². The van der Waals surface area contributed by atoms with Gasteiger partial charge in [0.05, 0.1) is 18.2 Å². The van der Waals surface area contributed by atoms with Crippen LogP contribution in [0.2, 0.25) is 0 Å². The summed E-state index contributed by atoms with van der Waals surface area (Å²) in [5.41, 5.74) is 0.337. The molecule has 1 aromatic carbocycles. The SMILES string of the molecule is CCC[C@@]1(C)NC(=O)N(Cc2ccccc2C#N)C1=O. The highest BCUT2D eigenvalue weighted by Gasteiger charge is 2.46. The molecule has 1 saturated heterocycles. The van der Waals surface area contributed by atoms with Crippen LogP contribution in [0.5, 0.6) is 0 Å². The maximum absolute atomic E-state index is 12.4. The number of nitrogens with zero attached hydrogens (tertiary/aromatic N) is 2. The number of carbonyl (C=O) groups excluding carboxylic acids is 2. The van der Waals surface area contributed by atoms with Crippen LogP contribution < -0.4 is 5.32 Å². The second-order valence-corrected chi connectivity index (χ2v) is 5.17. The van der Waals surface area contributed by atoms with Crippen LogP contribution in [0.4, 0.5) is 4.79 Å². The molecule has 2 rings (SSSR count). The molecule has 1 aromatic rings.